The van der Waals surface area contributed by atoms with E-state index in [2.05, 4.69) is 15.4 Å². The summed E-state index contributed by atoms with van der Waals surface area (Å²) in [5, 5.41) is 7.78. The molecule has 0 radical (unpaired) electrons. The van der Waals surface area contributed by atoms with E-state index in [4.69, 9.17) is 11.6 Å². The van der Waals surface area contributed by atoms with E-state index in [0.717, 1.165) is 5.56 Å². The Bertz CT molecular complexity index is 1060. The van der Waals surface area contributed by atoms with E-state index in [1.807, 2.05) is 30.3 Å². The average molecular weight is 407 g/mol. The Hall–Kier alpha value is -3.51. The second-order valence-corrected chi connectivity index (χ2v) is 6.76. The predicted molar refractivity (Wildman–Crippen MR) is 109 cm³/mol. The maximum absolute atomic E-state index is 13.3. The lowest BCUT2D eigenvalue weighted by atomic mass is 10.2. The van der Waals surface area contributed by atoms with Gasteiger partial charge in [0.25, 0.3) is 5.91 Å². The summed E-state index contributed by atoms with van der Waals surface area (Å²) < 4.78 is 14.9. The van der Waals surface area contributed by atoms with Gasteiger partial charge in [-0.25, -0.2) is 14.1 Å². The average Bonchev–Trinajstić information content (AvgIpc) is 3.19. The van der Waals surface area contributed by atoms with Crippen LogP contribution >= 0.6 is 11.6 Å². The van der Waals surface area contributed by atoms with Crippen molar-refractivity contribution in [2.24, 2.45) is 0 Å². The molecule has 0 saturated heterocycles. The third kappa shape index (κ3) is 4.33. The molecule has 0 saturated carbocycles. The van der Waals surface area contributed by atoms with Gasteiger partial charge in [-0.15, -0.1) is 5.10 Å². The maximum Gasteiger partial charge on any atom is 0.291 e. The Balaban J connectivity index is 1.68. The predicted octanol–water partition coefficient (Wildman–Crippen LogP) is 4.66. The third-order valence-electron chi connectivity index (χ3n) is 4.28. The molecule has 0 aliphatic heterocycles. The SMILES string of the molecule is O=C(NCc1ccccc1)c1nc(-c2ccc(F)cc2)n(-c2ccc(Cl)cc2)n1. The van der Waals surface area contributed by atoms with E-state index >= 15 is 0 Å². The number of hydrogen-bond donors (Lipinski definition) is 1. The fraction of sp³-hybridized carbons (Fsp3) is 0.0455. The topological polar surface area (TPSA) is 59.8 Å². The molecule has 0 atom stereocenters. The van der Waals surface area contributed by atoms with Crippen molar-refractivity contribution in [3.05, 3.63) is 101 Å². The molecule has 0 spiro atoms. The standard InChI is InChI=1S/C22H16ClFN4O/c23-17-8-12-19(13-9-17)28-21(16-6-10-18(24)11-7-16)26-20(27-28)22(29)25-14-15-4-2-1-3-5-15/h1-13H,14H2,(H,25,29). The van der Waals surface area contributed by atoms with Gasteiger partial charge in [-0.3, -0.25) is 4.79 Å². The number of nitrogens with one attached hydrogen (secondary N) is 1. The monoisotopic (exact) mass is 406 g/mol. The van der Waals surface area contributed by atoms with Crippen LogP contribution in [0.5, 0.6) is 0 Å². The quantitative estimate of drug-likeness (QED) is 0.524. The van der Waals surface area contributed by atoms with Crippen LogP contribution in [0.25, 0.3) is 17.1 Å². The van der Waals surface area contributed by atoms with Crippen molar-refractivity contribution in [2.45, 2.75) is 6.54 Å². The highest BCUT2D eigenvalue weighted by molar-refractivity contribution is 6.30. The molecule has 1 N–H and O–H groups in total. The van der Waals surface area contributed by atoms with Crippen molar-refractivity contribution in [2.75, 3.05) is 0 Å². The highest BCUT2D eigenvalue weighted by Crippen LogP contribution is 2.22. The minimum absolute atomic E-state index is 0.0233. The van der Waals surface area contributed by atoms with Crippen LogP contribution in [0, 0.1) is 5.82 Å². The van der Waals surface area contributed by atoms with Crippen molar-refractivity contribution in [3.63, 3.8) is 0 Å². The van der Waals surface area contributed by atoms with Gasteiger partial charge >= 0.3 is 0 Å². The molecular weight excluding hydrogens is 391 g/mol. The van der Waals surface area contributed by atoms with Crippen LogP contribution in [-0.4, -0.2) is 20.7 Å². The van der Waals surface area contributed by atoms with Gasteiger partial charge in [0.1, 0.15) is 5.82 Å². The maximum atomic E-state index is 13.3. The van der Waals surface area contributed by atoms with E-state index in [1.165, 1.54) is 12.1 Å². The van der Waals surface area contributed by atoms with Crippen molar-refractivity contribution in [1.82, 2.24) is 20.1 Å². The van der Waals surface area contributed by atoms with Crippen molar-refractivity contribution < 1.29 is 9.18 Å². The Morgan fingerprint density at radius 3 is 2.34 bits per heavy atom. The summed E-state index contributed by atoms with van der Waals surface area (Å²) in [6.07, 6.45) is 0. The number of aromatic nitrogens is 3. The first-order valence-corrected chi connectivity index (χ1v) is 9.29. The number of benzene rings is 3. The minimum atomic E-state index is -0.398. The molecule has 0 bridgehead atoms. The molecule has 0 aliphatic carbocycles. The van der Waals surface area contributed by atoms with Crippen LogP contribution in [0.15, 0.2) is 78.9 Å². The molecule has 3 aromatic carbocycles. The van der Waals surface area contributed by atoms with Crippen LogP contribution < -0.4 is 5.32 Å². The van der Waals surface area contributed by atoms with Crippen LogP contribution in [0.4, 0.5) is 4.39 Å². The van der Waals surface area contributed by atoms with E-state index < -0.39 is 5.91 Å². The van der Waals surface area contributed by atoms with Gasteiger partial charge in [0.2, 0.25) is 5.82 Å². The van der Waals surface area contributed by atoms with Crippen LogP contribution in [0.2, 0.25) is 5.02 Å². The highest BCUT2D eigenvalue weighted by atomic mass is 35.5. The van der Waals surface area contributed by atoms with Gasteiger partial charge in [0.15, 0.2) is 5.82 Å². The van der Waals surface area contributed by atoms with Gasteiger partial charge in [0.05, 0.1) is 5.69 Å². The molecule has 0 fully saturated rings. The molecule has 1 amide bonds. The Labute approximate surface area is 171 Å². The van der Waals surface area contributed by atoms with E-state index in [1.54, 1.807) is 41.1 Å². The van der Waals surface area contributed by atoms with Crippen LogP contribution in [0.3, 0.4) is 0 Å². The summed E-state index contributed by atoms with van der Waals surface area (Å²) >= 11 is 5.98. The minimum Gasteiger partial charge on any atom is -0.345 e. The number of hydrogen-bond acceptors (Lipinski definition) is 3. The number of carbonyl (C=O) groups is 1. The molecule has 4 rings (SSSR count). The van der Waals surface area contributed by atoms with Crippen molar-refractivity contribution in [1.29, 1.82) is 0 Å². The summed E-state index contributed by atoms with van der Waals surface area (Å²) in [5.41, 5.74) is 2.29. The Morgan fingerprint density at radius 2 is 1.66 bits per heavy atom. The summed E-state index contributed by atoms with van der Waals surface area (Å²) in [5.74, 6) is -0.301. The molecule has 5 nitrogen and oxygen atoms in total. The van der Waals surface area contributed by atoms with Gasteiger partial charge in [-0.05, 0) is 54.1 Å². The molecular formula is C22H16ClFN4O. The second kappa shape index (κ2) is 8.24. The summed E-state index contributed by atoms with van der Waals surface area (Å²) in [6, 6.07) is 22.4. The molecule has 1 aromatic heterocycles. The molecule has 29 heavy (non-hydrogen) atoms. The van der Waals surface area contributed by atoms with E-state index in [0.29, 0.717) is 28.6 Å². The number of carbonyl (C=O) groups excluding carboxylic acids is 1. The zero-order chi connectivity index (χ0) is 20.2. The number of rotatable bonds is 5. The second-order valence-electron chi connectivity index (χ2n) is 6.32. The lowest BCUT2D eigenvalue weighted by Crippen LogP contribution is -2.24. The lowest BCUT2D eigenvalue weighted by molar-refractivity contribution is 0.0940. The molecule has 0 aliphatic rings. The lowest BCUT2D eigenvalue weighted by Gasteiger charge is -2.06. The fourth-order valence-electron chi connectivity index (χ4n) is 2.81. The first-order valence-electron chi connectivity index (χ1n) is 8.91. The normalized spacial score (nSPS) is 10.7. The van der Waals surface area contributed by atoms with Crippen LogP contribution in [0.1, 0.15) is 16.2 Å². The number of nitrogens with zero attached hydrogens (tertiary/aromatic N) is 3. The zero-order valence-electron chi connectivity index (χ0n) is 15.2. The van der Waals surface area contributed by atoms with E-state index in [9.17, 15) is 9.18 Å². The smallest absolute Gasteiger partial charge is 0.291 e. The Morgan fingerprint density at radius 1 is 0.966 bits per heavy atom. The van der Waals surface area contributed by atoms with Gasteiger partial charge in [-0.2, -0.15) is 0 Å². The van der Waals surface area contributed by atoms with Crippen molar-refractivity contribution >= 4 is 17.5 Å². The first-order chi connectivity index (χ1) is 14.1. The molecule has 0 unspecified atom stereocenters. The zero-order valence-corrected chi connectivity index (χ0v) is 16.0. The Kier molecular flexibility index (Phi) is 5.35. The third-order valence-corrected chi connectivity index (χ3v) is 4.53. The summed E-state index contributed by atoms with van der Waals surface area (Å²) in [4.78, 5) is 17.0. The molecule has 1 heterocycles. The van der Waals surface area contributed by atoms with Gasteiger partial charge in [-0.1, -0.05) is 41.9 Å². The molecule has 144 valence electrons. The van der Waals surface area contributed by atoms with Crippen molar-refractivity contribution in [3.8, 4) is 17.1 Å². The van der Waals surface area contributed by atoms with E-state index in [-0.39, 0.29) is 11.6 Å². The highest BCUT2D eigenvalue weighted by Gasteiger charge is 2.18. The number of halogens is 2. The first kappa shape index (κ1) is 18.8. The van der Waals surface area contributed by atoms with Crippen LogP contribution in [-0.2, 0) is 6.54 Å². The largest absolute Gasteiger partial charge is 0.345 e. The van der Waals surface area contributed by atoms with Gasteiger partial charge in [0, 0.05) is 17.1 Å². The summed E-state index contributed by atoms with van der Waals surface area (Å²) in [6.45, 7) is 0.362. The molecule has 7 heteroatoms. The summed E-state index contributed by atoms with van der Waals surface area (Å²) in [7, 11) is 0. The molecule has 4 aromatic rings. The fourth-order valence-corrected chi connectivity index (χ4v) is 2.94. The number of amides is 1. The van der Waals surface area contributed by atoms with Gasteiger partial charge < -0.3 is 5.32 Å².